The Bertz CT molecular complexity index is 612. The number of sulfonamides is 1. The van der Waals surface area contributed by atoms with Gasteiger partial charge in [-0.15, -0.1) is 0 Å². The van der Waals surface area contributed by atoms with Gasteiger partial charge in [0.1, 0.15) is 0 Å². The van der Waals surface area contributed by atoms with Gasteiger partial charge in [0.05, 0.1) is 23.9 Å². The predicted octanol–water partition coefficient (Wildman–Crippen LogP) is 0.737. The van der Waals surface area contributed by atoms with Gasteiger partial charge in [0.15, 0.2) is 0 Å². The van der Waals surface area contributed by atoms with Crippen molar-refractivity contribution in [3.05, 3.63) is 39.9 Å². The van der Waals surface area contributed by atoms with E-state index in [2.05, 4.69) is 9.62 Å². The number of non-ortho nitro benzene ring substituents is 1. The molecule has 1 aliphatic rings. The molecule has 0 amide bonds. The lowest BCUT2D eigenvalue weighted by Crippen LogP contribution is -2.38. The van der Waals surface area contributed by atoms with E-state index in [1.807, 2.05) is 0 Å². The number of nitrogens with one attached hydrogen (secondary N) is 1. The Kier molecular flexibility index (Phi) is 6.46. The van der Waals surface area contributed by atoms with Crippen LogP contribution in [0.25, 0.3) is 0 Å². The Labute approximate surface area is 135 Å². The molecule has 0 aliphatic carbocycles. The van der Waals surface area contributed by atoms with Gasteiger partial charge < -0.3 is 4.74 Å². The molecular weight excluding hydrogens is 322 g/mol. The van der Waals surface area contributed by atoms with Gasteiger partial charge in [-0.1, -0.05) is 12.1 Å². The lowest BCUT2D eigenvalue weighted by atomic mass is 10.2. The molecule has 128 valence electrons. The fourth-order valence-electron chi connectivity index (χ4n) is 2.34. The number of benzene rings is 1. The van der Waals surface area contributed by atoms with Crippen molar-refractivity contribution < 1.29 is 18.1 Å². The maximum absolute atomic E-state index is 12.0. The number of morpholine rings is 1. The zero-order chi connectivity index (χ0) is 16.7. The first-order valence-corrected chi connectivity index (χ1v) is 9.12. The normalized spacial score (nSPS) is 16.3. The van der Waals surface area contributed by atoms with Crippen LogP contribution < -0.4 is 4.72 Å². The lowest BCUT2D eigenvalue weighted by Gasteiger charge is -2.26. The molecule has 0 saturated carbocycles. The Balaban J connectivity index is 1.74. The van der Waals surface area contributed by atoms with E-state index in [1.165, 1.54) is 24.3 Å². The van der Waals surface area contributed by atoms with Gasteiger partial charge in [-0.2, -0.15) is 0 Å². The number of hydrogen-bond donors (Lipinski definition) is 1. The van der Waals surface area contributed by atoms with Crippen molar-refractivity contribution in [1.29, 1.82) is 0 Å². The minimum absolute atomic E-state index is 0.0513. The molecule has 1 fully saturated rings. The van der Waals surface area contributed by atoms with Crippen LogP contribution >= 0.6 is 0 Å². The van der Waals surface area contributed by atoms with E-state index in [4.69, 9.17) is 4.74 Å². The Morgan fingerprint density at radius 1 is 1.22 bits per heavy atom. The number of nitro groups is 1. The molecule has 2 rings (SSSR count). The molecule has 0 spiro atoms. The molecule has 1 saturated heterocycles. The summed E-state index contributed by atoms with van der Waals surface area (Å²) in [6, 6.07) is 5.54. The summed E-state index contributed by atoms with van der Waals surface area (Å²) >= 11 is 0. The highest BCUT2D eigenvalue weighted by Crippen LogP contribution is 2.13. The molecule has 0 radical (unpaired) electrons. The van der Waals surface area contributed by atoms with Crippen LogP contribution in [0.15, 0.2) is 24.3 Å². The van der Waals surface area contributed by atoms with Crippen molar-refractivity contribution in [3.63, 3.8) is 0 Å². The highest BCUT2D eigenvalue weighted by molar-refractivity contribution is 7.88. The van der Waals surface area contributed by atoms with Crippen LogP contribution in [0.2, 0.25) is 0 Å². The molecule has 1 aliphatic heterocycles. The van der Waals surface area contributed by atoms with Crippen molar-refractivity contribution in [2.24, 2.45) is 0 Å². The first-order chi connectivity index (χ1) is 11.0. The summed E-state index contributed by atoms with van der Waals surface area (Å²) in [7, 11) is -3.43. The fraction of sp³-hybridized carbons (Fsp3) is 0.571. The molecule has 8 nitrogen and oxygen atoms in total. The minimum Gasteiger partial charge on any atom is -0.379 e. The second-order valence-electron chi connectivity index (χ2n) is 5.38. The van der Waals surface area contributed by atoms with Gasteiger partial charge >= 0.3 is 0 Å². The van der Waals surface area contributed by atoms with Gasteiger partial charge in [-0.05, 0) is 18.5 Å². The third kappa shape index (κ3) is 6.22. The molecule has 1 aromatic rings. The van der Waals surface area contributed by atoms with Gasteiger partial charge in [-0.3, -0.25) is 15.0 Å². The lowest BCUT2D eigenvalue weighted by molar-refractivity contribution is -0.384. The smallest absolute Gasteiger partial charge is 0.269 e. The van der Waals surface area contributed by atoms with E-state index in [9.17, 15) is 18.5 Å². The van der Waals surface area contributed by atoms with E-state index in [-0.39, 0.29) is 11.4 Å². The summed E-state index contributed by atoms with van der Waals surface area (Å²) in [5.74, 6) is -0.178. The Morgan fingerprint density at radius 2 is 1.87 bits per heavy atom. The zero-order valence-electron chi connectivity index (χ0n) is 12.8. The highest BCUT2D eigenvalue weighted by Gasteiger charge is 2.14. The zero-order valence-corrected chi connectivity index (χ0v) is 13.6. The summed E-state index contributed by atoms with van der Waals surface area (Å²) in [6.45, 7) is 4.44. The Hall–Kier alpha value is -1.55. The third-order valence-electron chi connectivity index (χ3n) is 3.58. The minimum atomic E-state index is -3.43. The third-order valence-corrected chi connectivity index (χ3v) is 4.94. The quantitative estimate of drug-likeness (QED) is 0.424. The average Bonchev–Trinajstić information content (AvgIpc) is 2.53. The van der Waals surface area contributed by atoms with Gasteiger partial charge in [0.2, 0.25) is 10.0 Å². The van der Waals surface area contributed by atoms with Crippen molar-refractivity contribution in [1.82, 2.24) is 9.62 Å². The first kappa shape index (κ1) is 17.8. The van der Waals surface area contributed by atoms with Gasteiger partial charge in [0, 0.05) is 31.8 Å². The Morgan fingerprint density at radius 3 is 2.48 bits per heavy atom. The first-order valence-electron chi connectivity index (χ1n) is 7.47. The predicted molar refractivity (Wildman–Crippen MR) is 85.6 cm³/mol. The SMILES string of the molecule is O=[N+]([O-])c1ccc(CS(=O)(=O)NCCCN2CCOCC2)cc1. The number of nitro benzene ring substituents is 1. The van der Waals surface area contributed by atoms with Crippen LogP contribution in [-0.4, -0.2) is 57.6 Å². The molecule has 1 heterocycles. The molecule has 0 atom stereocenters. The van der Waals surface area contributed by atoms with Crippen LogP contribution in [-0.2, 0) is 20.5 Å². The summed E-state index contributed by atoms with van der Waals surface area (Å²) in [6.07, 6.45) is 0.736. The number of hydrogen-bond acceptors (Lipinski definition) is 6. The molecular formula is C14H21N3O5S. The van der Waals surface area contributed by atoms with Crippen LogP contribution in [0.5, 0.6) is 0 Å². The summed E-state index contributed by atoms with van der Waals surface area (Å²) < 4.78 is 31.8. The maximum atomic E-state index is 12.0. The molecule has 0 unspecified atom stereocenters. The molecule has 1 aromatic carbocycles. The van der Waals surface area contributed by atoms with E-state index >= 15 is 0 Å². The largest absolute Gasteiger partial charge is 0.379 e. The van der Waals surface area contributed by atoms with E-state index in [0.717, 1.165) is 39.3 Å². The van der Waals surface area contributed by atoms with Gasteiger partial charge in [0.25, 0.3) is 5.69 Å². The highest BCUT2D eigenvalue weighted by atomic mass is 32.2. The monoisotopic (exact) mass is 343 g/mol. The summed E-state index contributed by atoms with van der Waals surface area (Å²) in [4.78, 5) is 12.3. The summed E-state index contributed by atoms with van der Waals surface area (Å²) in [5, 5.41) is 10.6. The molecule has 0 bridgehead atoms. The maximum Gasteiger partial charge on any atom is 0.269 e. The van der Waals surface area contributed by atoms with Crippen LogP contribution in [0.4, 0.5) is 5.69 Å². The average molecular weight is 343 g/mol. The molecule has 9 heteroatoms. The number of ether oxygens (including phenoxy) is 1. The van der Waals surface area contributed by atoms with E-state index in [1.54, 1.807) is 0 Å². The fourth-order valence-corrected chi connectivity index (χ4v) is 3.53. The second-order valence-corrected chi connectivity index (χ2v) is 7.19. The molecule has 23 heavy (non-hydrogen) atoms. The van der Waals surface area contributed by atoms with Crippen molar-refractivity contribution in [2.75, 3.05) is 39.4 Å². The van der Waals surface area contributed by atoms with E-state index in [0.29, 0.717) is 12.1 Å². The number of nitrogens with zero attached hydrogens (tertiary/aromatic N) is 2. The van der Waals surface area contributed by atoms with Crippen LogP contribution in [0.3, 0.4) is 0 Å². The van der Waals surface area contributed by atoms with E-state index < -0.39 is 14.9 Å². The van der Waals surface area contributed by atoms with Crippen LogP contribution in [0.1, 0.15) is 12.0 Å². The van der Waals surface area contributed by atoms with Crippen molar-refractivity contribution in [2.45, 2.75) is 12.2 Å². The van der Waals surface area contributed by atoms with Crippen LogP contribution in [0, 0.1) is 10.1 Å². The molecule has 0 aromatic heterocycles. The molecule has 1 N–H and O–H groups in total. The van der Waals surface area contributed by atoms with Gasteiger partial charge in [-0.25, -0.2) is 13.1 Å². The van der Waals surface area contributed by atoms with Crippen molar-refractivity contribution in [3.8, 4) is 0 Å². The summed E-state index contributed by atoms with van der Waals surface area (Å²) in [5.41, 5.74) is 0.473. The second kappa shape index (κ2) is 8.34. The number of rotatable bonds is 8. The van der Waals surface area contributed by atoms with Crippen molar-refractivity contribution >= 4 is 15.7 Å². The standard InChI is InChI=1S/C14H21N3O5S/c18-17(19)14-4-2-13(3-5-14)12-23(20,21)15-6-1-7-16-8-10-22-11-9-16/h2-5,15H,1,6-12H2. The topological polar surface area (TPSA) is 102 Å².